The number of halogens is 1. The standard InChI is InChI=1S/C10H10BrNO4/c1-15-9-6-8(11)5-7(10(9)16-2)3-4-12(13)14/h3-6H,1-2H3. The van der Waals surface area contributed by atoms with Gasteiger partial charge in [-0.15, -0.1) is 0 Å². The van der Waals surface area contributed by atoms with Crippen molar-refractivity contribution in [2.24, 2.45) is 0 Å². The first-order valence-corrected chi connectivity index (χ1v) is 5.11. The molecular weight excluding hydrogens is 278 g/mol. The smallest absolute Gasteiger partial charge is 0.235 e. The molecule has 1 aromatic carbocycles. The maximum absolute atomic E-state index is 10.2. The SMILES string of the molecule is COc1cc(Br)cc(C=C[N+](=O)[O-])c1OC. The number of hydrogen-bond donors (Lipinski definition) is 0. The molecule has 0 atom stereocenters. The highest BCUT2D eigenvalue weighted by Gasteiger charge is 2.10. The molecule has 0 heterocycles. The van der Waals surface area contributed by atoms with Crippen molar-refractivity contribution in [2.75, 3.05) is 14.2 Å². The van der Waals surface area contributed by atoms with Gasteiger partial charge >= 0.3 is 0 Å². The first-order chi connectivity index (χ1) is 7.58. The minimum absolute atomic E-state index is 0.462. The van der Waals surface area contributed by atoms with Crippen LogP contribution in [0.25, 0.3) is 6.08 Å². The molecule has 0 fully saturated rings. The zero-order chi connectivity index (χ0) is 12.1. The molecule has 16 heavy (non-hydrogen) atoms. The Hall–Kier alpha value is -1.56. The first-order valence-electron chi connectivity index (χ1n) is 4.31. The van der Waals surface area contributed by atoms with E-state index in [9.17, 15) is 10.1 Å². The Balaban J connectivity index is 3.25. The van der Waals surface area contributed by atoms with Crippen molar-refractivity contribution in [3.63, 3.8) is 0 Å². The molecule has 0 saturated carbocycles. The van der Waals surface area contributed by atoms with E-state index in [4.69, 9.17) is 9.47 Å². The Labute approximate surface area is 101 Å². The molecule has 0 bridgehead atoms. The summed E-state index contributed by atoms with van der Waals surface area (Å²) < 4.78 is 11.0. The van der Waals surface area contributed by atoms with E-state index in [0.717, 1.165) is 10.7 Å². The lowest BCUT2D eigenvalue weighted by molar-refractivity contribution is -0.400. The maximum Gasteiger partial charge on any atom is 0.235 e. The van der Waals surface area contributed by atoms with E-state index >= 15 is 0 Å². The molecule has 0 amide bonds. The number of nitro groups is 1. The molecule has 0 unspecified atom stereocenters. The molecule has 6 heteroatoms. The summed E-state index contributed by atoms with van der Waals surface area (Å²) in [4.78, 5) is 9.71. The minimum atomic E-state index is -0.535. The lowest BCUT2D eigenvalue weighted by atomic mass is 10.2. The van der Waals surface area contributed by atoms with E-state index < -0.39 is 4.92 Å². The summed E-state index contributed by atoms with van der Waals surface area (Å²) in [6.45, 7) is 0. The topological polar surface area (TPSA) is 61.6 Å². The summed E-state index contributed by atoms with van der Waals surface area (Å²) in [5.74, 6) is 0.976. The van der Waals surface area contributed by atoms with Gasteiger partial charge in [0.2, 0.25) is 6.20 Å². The summed E-state index contributed by atoms with van der Waals surface area (Å²) in [7, 11) is 2.99. The van der Waals surface area contributed by atoms with Crippen LogP contribution < -0.4 is 9.47 Å². The zero-order valence-electron chi connectivity index (χ0n) is 8.77. The van der Waals surface area contributed by atoms with E-state index in [-0.39, 0.29) is 0 Å². The van der Waals surface area contributed by atoms with Crippen LogP contribution in [0.5, 0.6) is 11.5 Å². The van der Waals surface area contributed by atoms with Crippen LogP contribution >= 0.6 is 15.9 Å². The fraction of sp³-hybridized carbons (Fsp3) is 0.200. The average Bonchev–Trinajstić information content (AvgIpc) is 2.25. The highest BCUT2D eigenvalue weighted by atomic mass is 79.9. The monoisotopic (exact) mass is 287 g/mol. The Morgan fingerprint density at radius 1 is 1.38 bits per heavy atom. The molecular formula is C10H10BrNO4. The van der Waals surface area contributed by atoms with Crippen LogP contribution in [0.4, 0.5) is 0 Å². The van der Waals surface area contributed by atoms with Gasteiger partial charge < -0.3 is 9.47 Å². The second kappa shape index (κ2) is 5.50. The number of hydrogen-bond acceptors (Lipinski definition) is 4. The molecule has 86 valence electrons. The quantitative estimate of drug-likeness (QED) is 0.631. The molecule has 0 aliphatic carbocycles. The number of rotatable bonds is 4. The van der Waals surface area contributed by atoms with E-state index in [1.807, 2.05) is 0 Å². The second-order valence-corrected chi connectivity index (χ2v) is 3.75. The molecule has 0 aliphatic rings. The lowest BCUT2D eigenvalue weighted by Gasteiger charge is -2.10. The fourth-order valence-electron chi connectivity index (χ4n) is 1.22. The molecule has 0 radical (unpaired) electrons. The number of methoxy groups -OCH3 is 2. The van der Waals surface area contributed by atoms with Crippen molar-refractivity contribution in [1.29, 1.82) is 0 Å². The number of benzene rings is 1. The van der Waals surface area contributed by atoms with Gasteiger partial charge in [0.15, 0.2) is 11.5 Å². The Morgan fingerprint density at radius 3 is 2.56 bits per heavy atom. The fourth-order valence-corrected chi connectivity index (χ4v) is 1.68. The Kier molecular flexibility index (Phi) is 4.30. The van der Waals surface area contributed by atoms with Crippen LogP contribution in [0, 0.1) is 10.1 Å². The first kappa shape index (κ1) is 12.5. The third-order valence-electron chi connectivity index (χ3n) is 1.85. The van der Waals surface area contributed by atoms with Gasteiger partial charge in [-0.25, -0.2) is 0 Å². The van der Waals surface area contributed by atoms with Gasteiger partial charge in [0.25, 0.3) is 0 Å². The van der Waals surface area contributed by atoms with Crippen molar-refractivity contribution < 1.29 is 14.4 Å². The largest absolute Gasteiger partial charge is 0.493 e. The van der Waals surface area contributed by atoms with Crippen molar-refractivity contribution in [2.45, 2.75) is 0 Å². The lowest BCUT2D eigenvalue weighted by Crippen LogP contribution is -1.93. The van der Waals surface area contributed by atoms with E-state index in [2.05, 4.69) is 15.9 Å². The van der Waals surface area contributed by atoms with Crippen molar-refractivity contribution in [3.8, 4) is 11.5 Å². The molecule has 5 nitrogen and oxygen atoms in total. The van der Waals surface area contributed by atoms with Gasteiger partial charge in [0.1, 0.15) is 0 Å². The second-order valence-electron chi connectivity index (χ2n) is 2.83. The van der Waals surface area contributed by atoms with E-state index in [1.54, 1.807) is 12.1 Å². The van der Waals surface area contributed by atoms with Crippen LogP contribution in [0.2, 0.25) is 0 Å². The Morgan fingerprint density at radius 2 is 2.06 bits per heavy atom. The predicted octanol–water partition coefficient (Wildman–Crippen LogP) is 2.71. The van der Waals surface area contributed by atoms with Gasteiger partial charge in [-0.3, -0.25) is 10.1 Å². The summed E-state index contributed by atoms with van der Waals surface area (Å²) in [5.41, 5.74) is 0.574. The van der Waals surface area contributed by atoms with Crippen LogP contribution in [0.1, 0.15) is 5.56 Å². The summed E-state index contributed by atoms with van der Waals surface area (Å²) in [6.07, 6.45) is 2.20. The summed E-state index contributed by atoms with van der Waals surface area (Å²) in [6, 6.07) is 3.43. The highest BCUT2D eigenvalue weighted by Crippen LogP contribution is 2.35. The molecule has 0 aliphatic heterocycles. The van der Waals surface area contributed by atoms with E-state index in [1.165, 1.54) is 20.3 Å². The van der Waals surface area contributed by atoms with Crippen LogP contribution in [-0.2, 0) is 0 Å². The van der Waals surface area contributed by atoms with Gasteiger partial charge in [-0.1, -0.05) is 15.9 Å². The van der Waals surface area contributed by atoms with Crippen LogP contribution in [0.15, 0.2) is 22.8 Å². The minimum Gasteiger partial charge on any atom is -0.493 e. The molecule has 0 saturated heterocycles. The average molecular weight is 288 g/mol. The maximum atomic E-state index is 10.2. The van der Waals surface area contributed by atoms with Crippen molar-refractivity contribution in [1.82, 2.24) is 0 Å². The predicted molar refractivity (Wildman–Crippen MR) is 63.3 cm³/mol. The molecule has 0 spiro atoms. The molecule has 1 rings (SSSR count). The molecule has 0 aromatic heterocycles. The molecule has 0 N–H and O–H groups in total. The summed E-state index contributed by atoms with van der Waals surface area (Å²) >= 11 is 3.28. The zero-order valence-corrected chi connectivity index (χ0v) is 10.4. The Bertz CT molecular complexity index is 431. The van der Waals surface area contributed by atoms with Gasteiger partial charge in [-0.2, -0.15) is 0 Å². The van der Waals surface area contributed by atoms with Crippen molar-refractivity contribution in [3.05, 3.63) is 38.5 Å². The highest BCUT2D eigenvalue weighted by molar-refractivity contribution is 9.10. The third-order valence-corrected chi connectivity index (χ3v) is 2.31. The van der Waals surface area contributed by atoms with Crippen molar-refractivity contribution >= 4 is 22.0 Å². The van der Waals surface area contributed by atoms with Gasteiger partial charge in [0, 0.05) is 16.1 Å². The van der Waals surface area contributed by atoms with Gasteiger partial charge in [-0.05, 0) is 12.1 Å². The van der Waals surface area contributed by atoms with Crippen LogP contribution in [0.3, 0.4) is 0 Å². The molecule has 1 aromatic rings. The normalized spacial score (nSPS) is 10.4. The van der Waals surface area contributed by atoms with Gasteiger partial charge in [0.05, 0.1) is 19.1 Å². The summed E-state index contributed by atoms with van der Waals surface area (Å²) in [5, 5.41) is 10.2. The van der Waals surface area contributed by atoms with E-state index in [0.29, 0.717) is 17.1 Å². The van der Waals surface area contributed by atoms with Crippen LogP contribution in [-0.4, -0.2) is 19.1 Å². The number of nitrogens with zero attached hydrogens (tertiary/aromatic N) is 1. The third kappa shape index (κ3) is 2.96. The number of ether oxygens (including phenoxy) is 2.